The van der Waals surface area contributed by atoms with Gasteiger partial charge in [-0.25, -0.2) is 4.98 Å². The van der Waals surface area contributed by atoms with Crippen molar-refractivity contribution in [2.45, 2.75) is 19.3 Å². The predicted molar refractivity (Wildman–Crippen MR) is 71.6 cm³/mol. The molecule has 1 aromatic rings. The number of nitrogens with zero attached hydrogens (tertiary/aromatic N) is 2. The zero-order valence-corrected chi connectivity index (χ0v) is 10.7. The maximum Gasteiger partial charge on any atom is 0.274 e. The summed E-state index contributed by atoms with van der Waals surface area (Å²) in [6.45, 7) is 0.808. The third kappa shape index (κ3) is 5.53. The Kier molecular flexibility index (Phi) is 6.39. The summed E-state index contributed by atoms with van der Waals surface area (Å²) in [7, 11) is 0. The number of aromatic nitrogens is 1. The van der Waals surface area contributed by atoms with Crippen molar-refractivity contribution in [1.29, 1.82) is 0 Å². The normalized spacial score (nSPS) is 10.2. The molecule has 0 atom stereocenters. The lowest BCUT2D eigenvalue weighted by Gasteiger charge is -2.04. The summed E-state index contributed by atoms with van der Waals surface area (Å²) in [5.74, 6) is 1.76. The highest BCUT2D eigenvalue weighted by Crippen LogP contribution is 2.14. The Hall–Kier alpha value is -1.30. The number of hydrogen-bond acceptors (Lipinski definition) is 5. The van der Waals surface area contributed by atoms with Crippen LogP contribution in [0.4, 0.5) is 11.5 Å². The third-order valence-corrected chi connectivity index (χ3v) is 2.98. The molecule has 94 valence electrons. The molecule has 1 heterocycles. The van der Waals surface area contributed by atoms with E-state index in [1.807, 2.05) is 11.8 Å². The van der Waals surface area contributed by atoms with Crippen LogP contribution in [0, 0.1) is 10.1 Å². The van der Waals surface area contributed by atoms with Gasteiger partial charge in [-0.2, -0.15) is 11.8 Å². The molecule has 17 heavy (non-hydrogen) atoms. The van der Waals surface area contributed by atoms with E-state index in [-0.39, 0.29) is 5.69 Å². The van der Waals surface area contributed by atoms with Crippen LogP contribution in [0.2, 0.25) is 0 Å². The Morgan fingerprint density at radius 2 is 2.29 bits per heavy atom. The smallest absolute Gasteiger partial charge is 0.274 e. The molecular formula is C11H17N3O2S. The molecule has 0 unspecified atom stereocenters. The van der Waals surface area contributed by atoms with Gasteiger partial charge in [0.25, 0.3) is 5.69 Å². The summed E-state index contributed by atoms with van der Waals surface area (Å²) in [4.78, 5) is 14.2. The molecule has 1 rings (SSSR count). The molecule has 0 aliphatic rings. The molecule has 0 radical (unpaired) electrons. The van der Waals surface area contributed by atoms with Gasteiger partial charge in [0.15, 0.2) is 0 Å². The average Bonchev–Trinajstić information content (AvgIpc) is 2.34. The van der Waals surface area contributed by atoms with E-state index in [1.54, 1.807) is 0 Å². The summed E-state index contributed by atoms with van der Waals surface area (Å²) < 4.78 is 0. The molecule has 0 saturated heterocycles. The van der Waals surface area contributed by atoms with Gasteiger partial charge < -0.3 is 5.32 Å². The number of anilines is 1. The first-order valence-corrected chi connectivity index (χ1v) is 6.96. The first kappa shape index (κ1) is 13.8. The van der Waals surface area contributed by atoms with Gasteiger partial charge in [-0.3, -0.25) is 10.1 Å². The Morgan fingerprint density at radius 3 is 3.00 bits per heavy atom. The first-order chi connectivity index (χ1) is 8.24. The first-order valence-electron chi connectivity index (χ1n) is 5.57. The van der Waals surface area contributed by atoms with Crippen molar-refractivity contribution in [2.75, 3.05) is 23.9 Å². The Morgan fingerprint density at radius 1 is 1.47 bits per heavy atom. The molecular weight excluding hydrogens is 238 g/mol. The number of nitrogens with one attached hydrogen (secondary N) is 1. The van der Waals surface area contributed by atoms with E-state index in [4.69, 9.17) is 0 Å². The fourth-order valence-electron chi connectivity index (χ4n) is 1.39. The van der Waals surface area contributed by atoms with E-state index in [2.05, 4.69) is 16.6 Å². The average molecular weight is 255 g/mol. The lowest BCUT2D eigenvalue weighted by Crippen LogP contribution is -2.03. The zero-order chi connectivity index (χ0) is 12.5. The molecule has 0 fully saturated rings. The van der Waals surface area contributed by atoms with Gasteiger partial charge in [0.2, 0.25) is 0 Å². The van der Waals surface area contributed by atoms with Crippen molar-refractivity contribution < 1.29 is 4.92 Å². The Labute approximate surface area is 105 Å². The lowest BCUT2D eigenvalue weighted by atomic mass is 10.2. The minimum atomic E-state index is -0.411. The molecule has 0 aromatic carbocycles. The van der Waals surface area contributed by atoms with Crippen molar-refractivity contribution in [1.82, 2.24) is 4.98 Å². The molecule has 0 saturated carbocycles. The fourth-order valence-corrected chi connectivity index (χ4v) is 1.89. The van der Waals surface area contributed by atoms with Crippen molar-refractivity contribution in [3.05, 3.63) is 28.4 Å². The van der Waals surface area contributed by atoms with Crippen molar-refractivity contribution in [3.8, 4) is 0 Å². The van der Waals surface area contributed by atoms with Crippen LogP contribution in [0.1, 0.15) is 19.3 Å². The maximum absolute atomic E-state index is 10.5. The predicted octanol–water partition coefficient (Wildman–Crippen LogP) is 2.94. The monoisotopic (exact) mass is 255 g/mol. The van der Waals surface area contributed by atoms with Gasteiger partial charge in [-0.15, -0.1) is 0 Å². The van der Waals surface area contributed by atoms with Crippen molar-refractivity contribution in [3.63, 3.8) is 0 Å². The molecule has 1 aromatic heterocycles. The maximum atomic E-state index is 10.5. The molecule has 0 amide bonds. The lowest BCUT2D eigenvalue weighted by molar-refractivity contribution is -0.384. The summed E-state index contributed by atoms with van der Waals surface area (Å²) in [6.07, 6.45) is 7.00. The Bertz CT molecular complexity index is 360. The number of pyridine rings is 1. The van der Waals surface area contributed by atoms with Gasteiger partial charge >= 0.3 is 0 Å². The molecule has 0 spiro atoms. The molecule has 6 heteroatoms. The minimum Gasteiger partial charge on any atom is -0.370 e. The van der Waals surface area contributed by atoms with Crippen LogP contribution in [0.25, 0.3) is 0 Å². The van der Waals surface area contributed by atoms with Crippen LogP contribution in [-0.4, -0.2) is 28.5 Å². The van der Waals surface area contributed by atoms with E-state index in [0.717, 1.165) is 13.0 Å². The molecule has 0 aliphatic heterocycles. The summed E-state index contributed by atoms with van der Waals surface area (Å²) in [5.41, 5.74) is 0.0740. The minimum absolute atomic E-state index is 0.0740. The highest BCUT2D eigenvalue weighted by atomic mass is 32.2. The standard InChI is InChI=1S/C11H17N3O2S/c1-17-8-4-2-3-6-12-11-9-10(14(15)16)5-7-13-11/h5,7,9H,2-4,6,8H2,1H3,(H,12,13). The van der Waals surface area contributed by atoms with Crippen LogP contribution in [-0.2, 0) is 0 Å². The van der Waals surface area contributed by atoms with Crippen molar-refractivity contribution in [2.24, 2.45) is 0 Å². The van der Waals surface area contributed by atoms with Crippen molar-refractivity contribution >= 4 is 23.3 Å². The second kappa shape index (κ2) is 7.89. The van der Waals surface area contributed by atoms with Crippen LogP contribution in [0.3, 0.4) is 0 Å². The van der Waals surface area contributed by atoms with Gasteiger partial charge in [0, 0.05) is 18.8 Å². The summed E-state index contributed by atoms with van der Waals surface area (Å²) in [6, 6.07) is 2.85. The van der Waals surface area contributed by atoms with Crippen LogP contribution in [0.5, 0.6) is 0 Å². The van der Waals surface area contributed by atoms with Crippen LogP contribution >= 0.6 is 11.8 Å². The quantitative estimate of drug-likeness (QED) is 0.439. The van der Waals surface area contributed by atoms with Crippen LogP contribution < -0.4 is 5.32 Å². The second-order valence-corrected chi connectivity index (χ2v) is 4.62. The number of unbranched alkanes of at least 4 members (excludes halogenated alkanes) is 2. The highest BCUT2D eigenvalue weighted by Gasteiger charge is 2.05. The SMILES string of the molecule is CSCCCCCNc1cc([N+](=O)[O-])ccn1. The van der Waals surface area contributed by atoms with Crippen LogP contribution in [0.15, 0.2) is 18.3 Å². The summed E-state index contributed by atoms with van der Waals surface area (Å²) in [5, 5.41) is 13.6. The van der Waals surface area contributed by atoms with E-state index < -0.39 is 4.92 Å². The van der Waals surface area contributed by atoms with Gasteiger partial charge in [-0.1, -0.05) is 6.42 Å². The topological polar surface area (TPSA) is 68.1 Å². The number of hydrogen-bond donors (Lipinski definition) is 1. The number of rotatable bonds is 8. The number of thioether (sulfide) groups is 1. The fraction of sp³-hybridized carbons (Fsp3) is 0.545. The van der Waals surface area contributed by atoms with Gasteiger partial charge in [0.05, 0.1) is 11.0 Å². The highest BCUT2D eigenvalue weighted by molar-refractivity contribution is 7.98. The third-order valence-electron chi connectivity index (χ3n) is 2.29. The van der Waals surface area contributed by atoms with E-state index in [9.17, 15) is 10.1 Å². The summed E-state index contributed by atoms with van der Waals surface area (Å²) >= 11 is 1.85. The van der Waals surface area contributed by atoms with Gasteiger partial charge in [-0.05, 0) is 24.9 Å². The molecule has 1 N–H and O–H groups in total. The largest absolute Gasteiger partial charge is 0.370 e. The zero-order valence-electron chi connectivity index (χ0n) is 9.89. The molecule has 0 aliphatic carbocycles. The molecule has 0 bridgehead atoms. The van der Waals surface area contributed by atoms with Gasteiger partial charge in [0.1, 0.15) is 5.82 Å². The Balaban J connectivity index is 2.27. The van der Waals surface area contributed by atoms with E-state index in [1.165, 1.54) is 36.9 Å². The molecule has 5 nitrogen and oxygen atoms in total. The number of nitro groups is 1. The van der Waals surface area contributed by atoms with E-state index >= 15 is 0 Å². The second-order valence-electron chi connectivity index (χ2n) is 3.64. The van der Waals surface area contributed by atoms with E-state index in [0.29, 0.717) is 5.82 Å².